The largest absolute Gasteiger partial charge is 0.493 e. The van der Waals surface area contributed by atoms with E-state index in [-0.39, 0.29) is 0 Å². The Morgan fingerprint density at radius 2 is 1.95 bits per heavy atom. The highest BCUT2D eigenvalue weighted by Gasteiger charge is 2.14. The summed E-state index contributed by atoms with van der Waals surface area (Å²) < 4.78 is 10.7. The lowest BCUT2D eigenvalue weighted by Gasteiger charge is -2.09. The number of ether oxygens (including phenoxy) is 2. The van der Waals surface area contributed by atoms with Gasteiger partial charge in [-0.1, -0.05) is 6.92 Å². The average molecular weight is 283 g/mol. The standard InChI is InChI=1S/C16H17N3O2/c1-4-11-15(19-12-8-17-9-18-16(11)12)10-5-6-13(20-2)14(7-10)21-3/h5-9,19H,4H2,1-3H3. The summed E-state index contributed by atoms with van der Waals surface area (Å²) in [5, 5.41) is 0. The number of aryl methyl sites for hydroxylation is 1. The van der Waals surface area contributed by atoms with Crippen LogP contribution in [0.15, 0.2) is 30.7 Å². The molecule has 0 aliphatic heterocycles. The molecule has 2 heterocycles. The second kappa shape index (κ2) is 5.44. The summed E-state index contributed by atoms with van der Waals surface area (Å²) in [5.74, 6) is 1.43. The third kappa shape index (κ3) is 2.20. The highest BCUT2D eigenvalue weighted by Crippen LogP contribution is 2.35. The van der Waals surface area contributed by atoms with Crippen molar-refractivity contribution < 1.29 is 9.47 Å². The van der Waals surface area contributed by atoms with Crippen LogP contribution in [0, 0.1) is 0 Å². The number of fused-ring (bicyclic) bond motifs is 1. The first-order valence-corrected chi connectivity index (χ1v) is 6.81. The van der Waals surface area contributed by atoms with Crippen LogP contribution in [0.4, 0.5) is 0 Å². The van der Waals surface area contributed by atoms with Crippen LogP contribution >= 0.6 is 0 Å². The van der Waals surface area contributed by atoms with Crippen LogP contribution in [0.25, 0.3) is 22.3 Å². The third-order valence-corrected chi connectivity index (χ3v) is 3.59. The smallest absolute Gasteiger partial charge is 0.161 e. The maximum Gasteiger partial charge on any atom is 0.161 e. The van der Waals surface area contributed by atoms with Crippen molar-refractivity contribution >= 4 is 11.0 Å². The Labute approximate surface area is 123 Å². The Kier molecular flexibility index (Phi) is 3.48. The lowest BCUT2D eigenvalue weighted by Crippen LogP contribution is -1.92. The number of rotatable bonds is 4. The van der Waals surface area contributed by atoms with E-state index in [1.54, 1.807) is 26.7 Å². The highest BCUT2D eigenvalue weighted by atomic mass is 16.5. The quantitative estimate of drug-likeness (QED) is 0.798. The van der Waals surface area contributed by atoms with Crippen molar-refractivity contribution in [1.82, 2.24) is 15.0 Å². The van der Waals surface area contributed by atoms with Crippen LogP contribution < -0.4 is 9.47 Å². The minimum Gasteiger partial charge on any atom is -0.493 e. The van der Waals surface area contributed by atoms with Crippen LogP contribution in [0.3, 0.4) is 0 Å². The van der Waals surface area contributed by atoms with Crippen molar-refractivity contribution in [2.45, 2.75) is 13.3 Å². The van der Waals surface area contributed by atoms with Gasteiger partial charge in [-0.25, -0.2) is 9.97 Å². The molecule has 3 aromatic rings. The van der Waals surface area contributed by atoms with Gasteiger partial charge in [-0.3, -0.25) is 0 Å². The van der Waals surface area contributed by atoms with E-state index in [1.807, 2.05) is 18.2 Å². The van der Waals surface area contributed by atoms with E-state index in [0.717, 1.165) is 34.5 Å². The van der Waals surface area contributed by atoms with Crippen LogP contribution in [0.2, 0.25) is 0 Å². The molecule has 0 spiro atoms. The molecule has 1 aromatic carbocycles. The summed E-state index contributed by atoms with van der Waals surface area (Å²) in [6.07, 6.45) is 4.26. The third-order valence-electron chi connectivity index (χ3n) is 3.59. The zero-order chi connectivity index (χ0) is 14.8. The molecule has 108 valence electrons. The van der Waals surface area contributed by atoms with Gasteiger partial charge in [0.1, 0.15) is 6.33 Å². The highest BCUT2D eigenvalue weighted by molar-refractivity contribution is 5.87. The Morgan fingerprint density at radius 3 is 2.67 bits per heavy atom. The molecule has 0 amide bonds. The molecule has 0 radical (unpaired) electrons. The number of methoxy groups -OCH3 is 2. The van der Waals surface area contributed by atoms with Crippen molar-refractivity contribution in [3.63, 3.8) is 0 Å². The molecule has 0 atom stereocenters. The van der Waals surface area contributed by atoms with E-state index in [1.165, 1.54) is 5.56 Å². The van der Waals surface area contributed by atoms with E-state index in [9.17, 15) is 0 Å². The van der Waals surface area contributed by atoms with E-state index < -0.39 is 0 Å². The van der Waals surface area contributed by atoms with Gasteiger partial charge in [0.15, 0.2) is 11.5 Å². The topological polar surface area (TPSA) is 60.0 Å². The van der Waals surface area contributed by atoms with Gasteiger partial charge in [-0.2, -0.15) is 0 Å². The molecule has 0 fully saturated rings. The number of nitrogens with one attached hydrogen (secondary N) is 1. The van der Waals surface area contributed by atoms with Crippen LogP contribution in [0.1, 0.15) is 12.5 Å². The number of benzene rings is 1. The van der Waals surface area contributed by atoms with Crippen molar-refractivity contribution in [2.75, 3.05) is 14.2 Å². The minimum absolute atomic E-state index is 0.710. The van der Waals surface area contributed by atoms with Crippen molar-refractivity contribution in [3.8, 4) is 22.8 Å². The normalized spacial score (nSPS) is 10.8. The summed E-state index contributed by atoms with van der Waals surface area (Å²) in [4.78, 5) is 11.8. The molecule has 0 unspecified atom stereocenters. The van der Waals surface area contributed by atoms with Gasteiger partial charge in [0.25, 0.3) is 0 Å². The van der Waals surface area contributed by atoms with Gasteiger partial charge >= 0.3 is 0 Å². The monoisotopic (exact) mass is 283 g/mol. The van der Waals surface area contributed by atoms with E-state index in [0.29, 0.717) is 5.75 Å². The second-order valence-electron chi connectivity index (χ2n) is 4.69. The molecule has 0 aliphatic rings. The van der Waals surface area contributed by atoms with Gasteiger partial charge in [0, 0.05) is 11.1 Å². The fourth-order valence-electron chi connectivity index (χ4n) is 2.57. The van der Waals surface area contributed by atoms with Gasteiger partial charge in [0.2, 0.25) is 0 Å². The number of hydrogen-bond acceptors (Lipinski definition) is 4. The number of aromatic amines is 1. The van der Waals surface area contributed by atoms with Gasteiger partial charge in [-0.05, 0) is 24.6 Å². The zero-order valence-corrected chi connectivity index (χ0v) is 12.3. The van der Waals surface area contributed by atoms with Crippen molar-refractivity contribution in [3.05, 3.63) is 36.3 Å². The molecule has 1 N–H and O–H groups in total. The number of nitrogens with zero attached hydrogens (tertiary/aromatic N) is 2. The Morgan fingerprint density at radius 1 is 1.14 bits per heavy atom. The molecule has 5 heteroatoms. The molecule has 5 nitrogen and oxygen atoms in total. The summed E-state index contributed by atoms with van der Waals surface area (Å²) in [6.45, 7) is 2.12. The zero-order valence-electron chi connectivity index (χ0n) is 12.3. The van der Waals surface area contributed by atoms with Crippen LogP contribution in [-0.4, -0.2) is 29.2 Å². The summed E-state index contributed by atoms with van der Waals surface area (Å²) in [7, 11) is 3.27. The molecular formula is C16H17N3O2. The SMILES string of the molecule is CCc1c(-c2ccc(OC)c(OC)c2)[nH]c2cncnc12. The summed E-state index contributed by atoms with van der Waals surface area (Å²) in [5.41, 5.74) is 5.19. The maximum atomic E-state index is 5.38. The van der Waals surface area contributed by atoms with Crippen LogP contribution in [-0.2, 0) is 6.42 Å². The molecule has 0 bridgehead atoms. The Hall–Kier alpha value is -2.56. The fraction of sp³-hybridized carbons (Fsp3) is 0.250. The van der Waals surface area contributed by atoms with E-state index >= 15 is 0 Å². The predicted octanol–water partition coefficient (Wildman–Crippen LogP) is 3.20. The minimum atomic E-state index is 0.710. The molecular weight excluding hydrogens is 266 g/mol. The Balaban J connectivity index is 2.20. The first-order valence-electron chi connectivity index (χ1n) is 6.81. The van der Waals surface area contributed by atoms with Gasteiger partial charge < -0.3 is 14.5 Å². The lowest BCUT2D eigenvalue weighted by atomic mass is 10.1. The molecule has 3 rings (SSSR count). The first-order chi connectivity index (χ1) is 10.3. The fourth-order valence-corrected chi connectivity index (χ4v) is 2.57. The van der Waals surface area contributed by atoms with Gasteiger partial charge in [-0.15, -0.1) is 0 Å². The molecule has 0 saturated carbocycles. The van der Waals surface area contributed by atoms with Crippen molar-refractivity contribution in [2.24, 2.45) is 0 Å². The first kappa shape index (κ1) is 13.4. The van der Waals surface area contributed by atoms with Crippen LogP contribution in [0.5, 0.6) is 11.5 Å². The van der Waals surface area contributed by atoms with E-state index in [2.05, 4.69) is 21.9 Å². The number of hydrogen-bond donors (Lipinski definition) is 1. The van der Waals surface area contributed by atoms with Crippen molar-refractivity contribution in [1.29, 1.82) is 0 Å². The van der Waals surface area contributed by atoms with E-state index in [4.69, 9.17) is 9.47 Å². The predicted molar refractivity (Wildman–Crippen MR) is 81.8 cm³/mol. The number of H-pyrrole nitrogens is 1. The van der Waals surface area contributed by atoms with Gasteiger partial charge in [0.05, 0.1) is 37.1 Å². The maximum absolute atomic E-state index is 5.38. The molecule has 21 heavy (non-hydrogen) atoms. The summed E-state index contributed by atoms with van der Waals surface area (Å²) >= 11 is 0. The Bertz CT molecular complexity index is 780. The lowest BCUT2D eigenvalue weighted by molar-refractivity contribution is 0.355. The molecule has 0 saturated heterocycles. The molecule has 0 aliphatic carbocycles. The number of aromatic nitrogens is 3. The summed E-state index contributed by atoms with van der Waals surface area (Å²) in [6, 6.07) is 5.89. The average Bonchev–Trinajstić information content (AvgIpc) is 2.92. The molecule has 2 aromatic heterocycles. The second-order valence-corrected chi connectivity index (χ2v) is 4.69.